The predicted molar refractivity (Wildman–Crippen MR) is 90.5 cm³/mol. The highest BCUT2D eigenvalue weighted by Gasteiger charge is 2.33. The average Bonchev–Trinajstić information content (AvgIpc) is 2.25. The van der Waals surface area contributed by atoms with Crippen LogP contribution in [-0.2, 0) is 0 Å². The molecule has 19 heavy (non-hydrogen) atoms. The molecule has 1 aliphatic carbocycles. The number of allylic oxidation sites excluding steroid dienone is 4. The number of thiocarbonyl (C=S) groups is 1. The van der Waals surface area contributed by atoms with Crippen LogP contribution in [0.4, 0.5) is 0 Å². The van der Waals surface area contributed by atoms with Crippen molar-refractivity contribution < 1.29 is 0 Å². The van der Waals surface area contributed by atoms with Gasteiger partial charge in [-0.1, -0.05) is 73.2 Å². The molecule has 0 nitrogen and oxygen atoms in total. The van der Waals surface area contributed by atoms with E-state index in [1.54, 1.807) is 11.1 Å². The molecule has 0 spiro atoms. The van der Waals surface area contributed by atoms with E-state index in [1.807, 2.05) is 0 Å². The molecule has 1 heteroatoms. The van der Waals surface area contributed by atoms with Crippen molar-refractivity contribution in [2.75, 3.05) is 0 Å². The predicted octanol–water partition coefficient (Wildman–Crippen LogP) is 5.83. The normalized spacial score (nSPS) is 21.2. The van der Waals surface area contributed by atoms with Crippen LogP contribution in [0.2, 0.25) is 0 Å². The summed E-state index contributed by atoms with van der Waals surface area (Å²) in [6.45, 7) is 18.4. The van der Waals surface area contributed by atoms with Crippen LogP contribution in [0.3, 0.4) is 0 Å². The molecule has 0 aromatic rings. The molecule has 0 fully saturated rings. The van der Waals surface area contributed by atoms with Crippen LogP contribution < -0.4 is 0 Å². The molecule has 1 atom stereocenters. The van der Waals surface area contributed by atoms with Crippen LogP contribution in [-0.4, -0.2) is 4.86 Å². The molecule has 0 radical (unpaired) electrons. The van der Waals surface area contributed by atoms with Crippen molar-refractivity contribution in [2.45, 2.75) is 55.4 Å². The van der Waals surface area contributed by atoms with Crippen LogP contribution >= 0.6 is 12.2 Å². The summed E-state index contributed by atoms with van der Waals surface area (Å²) in [4.78, 5) is 1.15. The van der Waals surface area contributed by atoms with Gasteiger partial charge < -0.3 is 0 Å². The third kappa shape index (κ3) is 3.37. The van der Waals surface area contributed by atoms with E-state index in [4.69, 9.17) is 12.2 Å². The monoisotopic (exact) mass is 278 g/mol. The van der Waals surface area contributed by atoms with Crippen molar-refractivity contribution in [1.29, 1.82) is 0 Å². The second kappa shape index (κ2) is 6.35. The second-order valence-corrected chi connectivity index (χ2v) is 7.53. The first-order valence-electron chi connectivity index (χ1n) is 7.68. The molecule has 1 rings (SSSR count). The van der Waals surface area contributed by atoms with Crippen molar-refractivity contribution in [3.63, 3.8) is 0 Å². The van der Waals surface area contributed by atoms with Crippen molar-refractivity contribution in [2.24, 2.45) is 29.6 Å². The smallest absolute Gasteiger partial charge is 0.0229 e. The fourth-order valence-corrected chi connectivity index (χ4v) is 3.84. The summed E-state index contributed by atoms with van der Waals surface area (Å²) in [5.74, 6) is 2.75. The highest BCUT2D eigenvalue weighted by Crippen LogP contribution is 2.42. The maximum atomic E-state index is 5.72. The standard InChI is InChI=1S/C18H30S/c1-10(2)14-9-15(19)17(12(5)6)18(13(7)8)16(14)11(3)4/h9-13,17H,1-8H3. The lowest BCUT2D eigenvalue weighted by atomic mass is 9.69. The zero-order chi connectivity index (χ0) is 14.9. The van der Waals surface area contributed by atoms with Crippen LogP contribution in [0, 0.1) is 29.6 Å². The minimum Gasteiger partial charge on any atom is -0.0842 e. The van der Waals surface area contributed by atoms with E-state index >= 15 is 0 Å². The Hall–Kier alpha value is -0.430. The van der Waals surface area contributed by atoms with E-state index in [2.05, 4.69) is 61.5 Å². The summed E-state index contributed by atoms with van der Waals surface area (Å²) in [7, 11) is 0. The molecule has 0 aliphatic heterocycles. The molecule has 0 bridgehead atoms. The summed E-state index contributed by atoms with van der Waals surface area (Å²) in [5, 5.41) is 0. The van der Waals surface area contributed by atoms with Gasteiger partial charge >= 0.3 is 0 Å². The van der Waals surface area contributed by atoms with Crippen molar-refractivity contribution in [3.05, 3.63) is 22.8 Å². The van der Waals surface area contributed by atoms with Gasteiger partial charge in [-0.05, 0) is 40.9 Å². The van der Waals surface area contributed by atoms with Crippen molar-refractivity contribution in [1.82, 2.24) is 0 Å². The van der Waals surface area contributed by atoms with E-state index in [1.165, 1.54) is 5.57 Å². The van der Waals surface area contributed by atoms with E-state index < -0.39 is 0 Å². The molecule has 0 N–H and O–H groups in total. The Morgan fingerprint density at radius 2 is 1.37 bits per heavy atom. The molecule has 0 heterocycles. The van der Waals surface area contributed by atoms with E-state index in [-0.39, 0.29) is 0 Å². The first kappa shape index (κ1) is 16.6. The summed E-state index contributed by atoms with van der Waals surface area (Å²) in [6.07, 6.45) is 2.30. The molecule has 0 saturated heterocycles. The zero-order valence-corrected chi connectivity index (χ0v) is 14.7. The van der Waals surface area contributed by atoms with Crippen molar-refractivity contribution >= 4 is 17.1 Å². The van der Waals surface area contributed by atoms with E-state index in [0.29, 0.717) is 29.6 Å². The number of hydrogen-bond acceptors (Lipinski definition) is 1. The Balaban J connectivity index is 3.51. The van der Waals surface area contributed by atoms with Crippen LogP contribution in [0.25, 0.3) is 0 Å². The van der Waals surface area contributed by atoms with E-state index in [9.17, 15) is 0 Å². The SMILES string of the molecule is CC(C)C1=CC(=S)C(C(C)C)C(C(C)C)=C1C(C)C. The van der Waals surface area contributed by atoms with Gasteiger partial charge in [0.1, 0.15) is 0 Å². The van der Waals surface area contributed by atoms with Gasteiger partial charge in [-0.25, -0.2) is 0 Å². The summed E-state index contributed by atoms with van der Waals surface area (Å²) < 4.78 is 0. The Bertz CT molecular complexity index is 405. The lowest BCUT2D eigenvalue weighted by Crippen LogP contribution is -2.30. The Labute approximate surface area is 125 Å². The van der Waals surface area contributed by atoms with Crippen molar-refractivity contribution in [3.8, 4) is 0 Å². The minimum atomic E-state index is 0.454. The van der Waals surface area contributed by atoms with Gasteiger partial charge in [0, 0.05) is 10.8 Å². The molecular formula is C18H30S. The number of rotatable bonds is 4. The van der Waals surface area contributed by atoms with Crippen LogP contribution in [0.1, 0.15) is 55.4 Å². The van der Waals surface area contributed by atoms with Gasteiger partial charge in [-0.2, -0.15) is 0 Å². The fourth-order valence-electron chi connectivity index (χ4n) is 3.31. The summed E-state index contributed by atoms with van der Waals surface area (Å²) in [5.41, 5.74) is 4.65. The molecule has 1 unspecified atom stereocenters. The molecular weight excluding hydrogens is 248 g/mol. The van der Waals surface area contributed by atoms with Gasteiger partial charge in [0.15, 0.2) is 0 Å². The number of hydrogen-bond donors (Lipinski definition) is 0. The lowest BCUT2D eigenvalue weighted by molar-refractivity contribution is 0.493. The van der Waals surface area contributed by atoms with Gasteiger partial charge in [-0.15, -0.1) is 0 Å². The second-order valence-electron chi connectivity index (χ2n) is 7.06. The summed E-state index contributed by atoms with van der Waals surface area (Å²) in [6, 6.07) is 0. The maximum Gasteiger partial charge on any atom is 0.0229 e. The molecule has 0 saturated carbocycles. The topological polar surface area (TPSA) is 0 Å². The Kier molecular flexibility index (Phi) is 5.55. The highest BCUT2D eigenvalue weighted by atomic mass is 32.1. The van der Waals surface area contributed by atoms with Gasteiger partial charge in [0.2, 0.25) is 0 Å². The Morgan fingerprint density at radius 3 is 1.68 bits per heavy atom. The molecule has 108 valence electrons. The first-order chi connectivity index (χ1) is 8.68. The average molecular weight is 279 g/mol. The lowest BCUT2D eigenvalue weighted by Gasteiger charge is -2.37. The third-order valence-electron chi connectivity index (χ3n) is 4.05. The summed E-state index contributed by atoms with van der Waals surface area (Å²) >= 11 is 5.72. The minimum absolute atomic E-state index is 0.454. The first-order valence-corrected chi connectivity index (χ1v) is 8.09. The molecule has 0 aromatic heterocycles. The quantitative estimate of drug-likeness (QED) is 0.583. The molecule has 1 aliphatic rings. The third-order valence-corrected chi connectivity index (χ3v) is 4.42. The van der Waals surface area contributed by atoms with Gasteiger partial charge in [0.25, 0.3) is 0 Å². The largest absolute Gasteiger partial charge is 0.0842 e. The van der Waals surface area contributed by atoms with Gasteiger partial charge in [-0.3, -0.25) is 0 Å². The zero-order valence-electron chi connectivity index (χ0n) is 13.9. The molecule has 0 aromatic carbocycles. The Morgan fingerprint density at radius 1 is 0.842 bits per heavy atom. The fraction of sp³-hybridized carbons (Fsp3) is 0.722. The molecule has 0 amide bonds. The van der Waals surface area contributed by atoms with Crippen LogP contribution in [0.15, 0.2) is 22.8 Å². The maximum absolute atomic E-state index is 5.72. The van der Waals surface area contributed by atoms with Gasteiger partial charge in [0.05, 0.1) is 0 Å². The highest BCUT2D eigenvalue weighted by molar-refractivity contribution is 7.80. The van der Waals surface area contributed by atoms with E-state index in [0.717, 1.165) is 4.86 Å². The van der Waals surface area contributed by atoms with Crippen LogP contribution in [0.5, 0.6) is 0 Å².